The number of nitrogens with two attached hydrogens (primary N) is 2. The third-order valence-corrected chi connectivity index (χ3v) is 3.88. The van der Waals surface area contributed by atoms with E-state index in [1.165, 1.54) is 0 Å². The highest BCUT2D eigenvalue weighted by molar-refractivity contribution is 6.21. The van der Waals surface area contributed by atoms with Crippen molar-refractivity contribution in [2.75, 3.05) is 0 Å². The molecule has 3 aromatic rings. The van der Waals surface area contributed by atoms with E-state index in [0.717, 1.165) is 21.9 Å². The maximum atomic E-state index is 11.7. The molecule has 1 aliphatic rings. The van der Waals surface area contributed by atoms with Crippen LogP contribution in [0.15, 0.2) is 36.4 Å². The van der Waals surface area contributed by atoms with E-state index in [4.69, 9.17) is 11.5 Å². The fourth-order valence-electron chi connectivity index (χ4n) is 3.06. The summed E-state index contributed by atoms with van der Waals surface area (Å²) in [6.45, 7) is 0. The Morgan fingerprint density at radius 1 is 0.773 bits per heavy atom. The van der Waals surface area contributed by atoms with Crippen molar-refractivity contribution >= 4 is 22.6 Å². The van der Waals surface area contributed by atoms with E-state index >= 15 is 0 Å². The Morgan fingerprint density at radius 3 is 1.64 bits per heavy atom. The molecule has 0 saturated carbocycles. The summed E-state index contributed by atoms with van der Waals surface area (Å²) in [6.07, 6.45) is 0. The zero-order chi connectivity index (χ0) is 15.4. The number of aromatic nitrogens is 2. The minimum Gasteiger partial charge on any atom is -0.364 e. The number of amides is 2. The second-order valence-electron chi connectivity index (χ2n) is 5.08. The van der Waals surface area contributed by atoms with E-state index in [0.29, 0.717) is 11.1 Å². The van der Waals surface area contributed by atoms with Crippen molar-refractivity contribution in [2.45, 2.75) is 0 Å². The molecule has 0 radical (unpaired) electrons. The van der Waals surface area contributed by atoms with Crippen LogP contribution in [-0.2, 0) is 0 Å². The molecular weight excluding hydrogens is 280 g/mol. The average Bonchev–Trinajstić information content (AvgIpc) is 2.84. The molecule has 0 atom stereocenters. The van der Waals surface area contributed by atoms with Crippen molar-refractivity contribution in [1.82, 2.24) is 10.2 Å². The molecule has 6 nitrogen and oxygen atoms in total. The lowest BCUT2D eigenvalue weighted by Gasteiger charge is -2.08. The lowest BCUT2D eigenvalue weighted by molar-refractivity contribution is 0.0980. The Labute approximate surface area is 124 Å². The first-order chi connectivity index (χ1) is 10.6. The molecular formula is C16H10N4O2. The average molecular weight is 290 g/mol. The van der Waals surface area contributed by atoms with Crippen LogP contribution in [0.2, 0.25) is 0 Å². The summed E-state index contributed by atoms with van der Waals surface area (Å²) in [5.74, 6) is -1.38. The van der Waals surface area contributed by atoms with Gasteiger partial charge in [0, 0.05) is 11.1 Å². The maximum Gasteiger partial charge on any atom is 0.269 e. The van der Waals surface area contributed by atoms with Crippen LogP contribution < -0.4 is 11.5 Å². The van der Waals surface area contributed by atoms with Gasteiger partial charge in [0.1, 0.15) is 0 Å². The molecule has 0 fully saturated rings. The Bertz CT molecular complexity index is 919. The number of hydrogen-bond acceptors (Lipinski definition) is 4. The van der Waals surface area contributed by atoms with Gasteiger partial charge in [-0.1, -0.05) is 36.4 Å². The van der Waals surface area contributed by atoms with E-state index in [-0.39, 0.29) is 11.4 Å². The fourth-order valence-corrected chi connectivity index (χ4v) is 3.06. The number of benzene rings is 2. The van der Waals surface area contributed by atoms with Crippen LogP contribution in [0.1, 0.15) is 21.0 Å². The lowest BCUT2D eigenvalue weighted by atomic mass is 10.0. The molecule has 6 heteroatoms. The van der Waals surface area contributed by atoms with Crippen LogP contribution in [0.25, 0.3) is 33.0 Å². The van der Waals surface area contributed by atoms with Gasteiger partial charge in [0.25, 0.3) is 11.8 Å². The SMILES string of the molecule is NC(=O)c1nnc(C(N)=O)c2c1-c1cccc3cccc-2c13. The maximum absolute atomic E-state index is 11.7. The third-order valence-electron chi connectivity index (χ3n) is 3.88. The van der Waals surface area contributed by atoms with E-state index in [1.54, 1.807) is 0 Å². The Hall–Kier alpha value is -3.28. The Morgan fingerprint density at radius 2 is 1.23 bits per heavy atom. The van der Waals surface area contributed by atoms with Gasteiger partial charge in [-0.25, -0.2) is 0 Å². The van der Waals surface area contributed by atoms with Crippen LogP contribution in [-0.4, -0.2) is 22.0 Å². The second kappa shape index (κ2) is 4.11. The molecule has 1 aliphatic carbocycles. The summed E-state index contributed by atoms with van der Waals surface area (Å²) in [6, 6.07) is 11.4. The van der Waals surface area contributed by atoms with Crippen molar-refractivity contribution in [2.24, 2.45) is 11.5 Å². The van der Waals surface area contributed by atoms with Gasteiger partial charge < -0.3 is 11.5 Å². The first-order valence-electron chi connectivity index (χ1n) is 6.62. The second-order valence-corrected chi connectivity index (χ2v) is 5.08. The van der Waals surface area contributed by atoms with Crippen LogP contribution >= 0.6 is 0 Å². The van der Waals surface area contributed by atoms with Gasteiger partial charge in [-0.05, 0) is 21.9 Å². The highest BCUT2D eigenvalue weighted by Gasteiger charge is 2.31. The molecule has 0 bridgehead atoms. The molecule has 0 aliphatic heterocycles. The zero-order valence-electron chi connectivity index (χ0n) is 11.3. The lowest BCUT2D eigenvalue weighted by Crippen LogP contribution is -2.20. The van der Waals surface area contributed by atoms with Gasteiger partial charge in [-0.3, -0.25) is 9.59 Å². The van der Waals surface area contributed by atoms with Crippen LogP contribution in [0.5, 0.6) is 0 Å². The summed E-state index contributed by atoms with van der Waals surface area (Å²) in [5, 5.41) is 9.57. The summed E-state index contributed by atoms with van der Waals surface area (Å²) in [4.78, 5) is 23.4. The highest BCUT2D eigenvalue weighted by Crippen LogP contribution is 2.48. The zero-order valence-corrected chi connectivity index (χ0v) is 11.3. The molecule has 4 rings (SSSR count). The van der Waals surface area contributed by atoms with Crippen LogP contribution in [0.4, 0.5) is 0 Å². The summed E-state index contributed by atoms with van der Waals surface area (Å²) in [7, 11) is 0. The van der Waals surface area contributed by atoms with Gasteiger partial charge in [-0.15, -0.1) is 10.2 Å². The number of nitrogens with zero attached hydrogens (tertiary/aromatic N) is 2. The monoisotopic (exact) mass is 290 g/mol. The number of hydrogen-bond donors (Lipinski definition) is 2. The standard InChI is InChI=1S/C16H10N4O2/c17-15(21)13-11-8-5-1-3-7-4-2-6-9(10(7)8)12(11)14(16(18)22)20-19-13/h1-6H,(H2,17,21)(H2,18,22). The summed E-state index contributed by atoms with van der Waals surface area (Å²) < 4.78 is 0. The van der Waals surface area contributed by atoms with Crippen molar-refractivity contribution in [1.29, 1.82) is 0 Å². The van der Waals surface area contributed by atoms with Gasteiger partial charge in [0.2, 0.25) is 0 Å². The topological polar surface area (TPSA) is 112 Å². The third kappa shape index (κ3) is 1.43. The van der Waals surface area contributed by atoms with Crippen LogP contribution in [0, 0.1) is 0 Å². The largest absolute Gasteiger partial charge is 0.364 e. The quantitative estimate of drug-likeness (QED) is 0.582. The number of carbonyl (C=O) groups is 2. The van der Waals surface area contributed by atoms with Gasteiger partial charge >= 0.3 is 0 Å². The van der Waals surface area contributed by atoms with E-state index < -0.39 is 11.8 Å². The normalized spacial score (nSPS) is 11.5. The minimum absolute atomic E-state index is 0.0451. The van der Waals surface area contributed by atoms with Gasteiger partial charge in [0.05, 0.1) is 0 Å². The van der Waals surface area contributed by atoms with Gasteiger partial charge in [0.15, 0.2) is 11.4 Å². The fraction of sp³-hybridized carbons (Fsp3) is 0. The Balaban J connectivity index is 2.26. The molecule has 1 heterocycles. The molecule has 106 valence electrons. The minimum atomic E-state index is -0.690. The van der Waals surface area contributed by atoms with E-state index in [9.17, 15) is 9.59 Å². The predicted molar refractivity (Wildman–Crippen MR) is 81.0 cm³/mol. The molecule has 2 amide bonds. The van der Waals surface area contributed by atoms with E-state index in [2.05, 4.69) is 10.2 Å². The molecule has 22 heavy (non-hydrogen) atoms. The first kappa shape index (κ1) is 12.5. The highest BCUT2D eigenvalue weighted by atomic mass is 16.1. The van der Waals surface area contributed by atoms with Crippen molar-refractivity contribution in [3.05, 3.63) is 47.8 Å². The number of fused-ring (bicyclic) bond motifs is 3. The summed E-state index contributed by atoms with van der Waals surface area (Å²) in [5.41, 5.74) is 13.6. The predicted octanol–water partition coefficient (Wildman–Crippen LogP) is 1.47. The molecule has 0 saturated heterocycles. The van der Waals surface area contributed by atoms with Gasteiger partial charge in [-0.2, -0.15) is 0 Å². The number of carbonyl (C=O) groups excluding carboxylic acids is 2. The van der Waals surface area contributed by atoms with Crippen molar-refractivity contribution in [3.8, 4) is 22.3 Å². The van der Waals surface area contributed by atoms with Crippen molar-refractivity contribution in [3.63, 3.8) is 0 Å². The molecule has 2 aromatic carbocycles. The number of primary amides is 2. The summed E-state index contributed by atoms with van der Waals surface area (Å²) >= 11 is 0. The number of rotatable bonds is 2. The first-order valence-corrected chi connectivity index (χ1v) is 6.62. The molecule has 4 N–H and O–H groups in total. The Kier molecular flexibility index (Phi) is 2.33. The van der Waals surface area contributed by atoms with Crippen molar-refractivity contribution < 1.29 is 9.59 Å². The molecule has 0 spiro atoms. The van der Waals surface area contributed by atoms with E-state index in [1.807, 2.05) is 36.4 Å². The molecule has 0 unspecified atom stereocenters. The molecule has 1 aromatic heterocycles. The smallest absolute Gasteiger partial charge is 0.269 e. The van der Waals surface area contributed by atoms with Crippen LogP contribution in [0.3, 0.4) is 0 Å².